The monoisotopic (exact) mass is 330 g/mol. The first kappa shape index (κ1) is 15.5. The van der Waals surface area contributed by atoms with Crippen molar-refractivity contribution in [3.8, 4) is 11.4 Å². The van der Waals surface area contributed by atoms with Crippen LogP contribution in [0.3, 0.4) is 0 Å². The maximum Gasteiger partial charge on any atom is 0.210 e. The first-order chi connectivity index (χ1) is 11.2. The Morgan fingerprint density at radius 1 is 1.04 bits per heavy atom. The lowest BCUT2D eigenvalue weighted by molar-refractivity contribution is 0.282. The minimum Gasteiger partial charge on any atom is -0.392 e. The van der Waals surface area contributed by atoms with E-state index in [1.807, 2.05) is 24.3 Å². The summed E-state index contributed by atoms with van der Waals surface area (Å²) in [5.41, 5.74) is 2.26. The summed E-state index contributed by atoms with van der Waals surface area (Å²) < 4.78 is 15.1. The summed E-state index contributed by atoms with van der Waals surface area (Å²) in [6, 6.07) is 13.9. The lowest BCUT2D eigenvalue weighted by atomic mass is 10.2. The molecule has 0 bridgehead atoms. The molecule has 2 aromatic carbocycles. The second-order valence-electron chi connectivity index (χ2n) is 4.92. The first-order valence-electron chi connectivity index (χ1n) is 6.96. The molecule has 0 aliphatic heterocycles. The van der Waals surface area contributed by atoms with E-state index in [0.29, 0.717) is 22.3 Å². The van der Waals surface area contributed by atoms with Crippen molar-refractivity contribution in [2.24, 2.45) is 0 Å². The molecule has 1 aromatic heterocycles. The fraction of sp³-hybridized carbons (Fsp3) is 0.125. The van der Waals surface area contributed by atoms with E-state index in [1.54, 1.807) is 18.2 Å². The van der Waals surface area contributed by atoms with Gasteiger partial charge in [0.2, 0.25) is 5.16 Å². The van der Waals surface area contributed by atoms with E-state index in [1.165, 1.54) is 22.5 Å². The number of nitrogens with zero attached hydrogens (tertiary/aromatic N) is 3. The quantitative estimate of drug-likeness (QED) is 0.555. The van der Waals surface area contributed by atoms with Crippen LogP contribution in [0.15, 0.2) is 53.7 Å². The van der Waals surface area contributed by atoms with E-state index in [0.717, 1.165) is 11.1 Å². The normalized spacial score (nSPS) is 10.9. The fourth-order valence-electron chi connectivity index (χ4n) is 2.09. The van der Waals surface area contributed by atoms with Crippen molar-refractivity contribution in [3.63, 3.8) is 0 Å². The van der Waals surface area contributed by atoms with Crippen LogP contribution in [0.25, 0.3) is 11.4 Å². The number of aromatic nitrogens is 3. The Morgan fingerprint density at radius 2 is 1.74 bits per heavy atom. The van der Waals surface area contributed by atoms with Crippen molar-refractivity contribution in [3.05, 3.63) is 65.5 Å². The van der Waals surface area contributed by atoms with Gasteiger partial charge in [0.15, 0.2) is 5.82 Å². The molecule has 118 valence electrons. The predicted octanol–water partition coefficient (Wildman–Crippen LogP) is 2.58. The highest BCUT2D eigenvalue weighted by Crippen LogP contribution is 2.25. The SMILES string of the molecule is Nn1c(SCc2ccc(CO)cc2)nnc1-c1ccccc1F. The van der Waals surface area contributed by atoms with Crippen molar-refractivity contribution in [2.75, 3.05) is 5.84 Å². The number of nitrogens with two attached hydrogens (primary N) is 1. The molecule has 23 heavy (non-hydrogen) atoms. The van der Waals surface area contributed by atoms with Crippen molar-refractivity contribution in [1.29, 1.82) is 0 Å². The van der Waals surface area contributed by atoms with Gasteiger partial charge in [-0.2, -0.15) is 0 Å². The summed E-state index contributed by atoms with van der Waals surface area (Å²) in [4.78, 5) is 0. The van der Waals surface area contributed by atoms with Crippen molar-refractivity contribution < 1.29 is 9.50 Å². The number of halogens is 1. The lowest BCUT2D eigenvalue weighted by Crippen LogP contribution is -2.12. The molecule has 0 unspecified atom stereocenters. The topological polar surface area (TPSA) is 77.0 Å². The molecule has 0 amide bonds. The molecule has 0 aliphatic carbocycles. The average molecular weight is 330 g/mol. The van der Waals surface area contributed by atoms with Gasteiger partial charge in [-0.15, -0.1) is 10.2 Å². The molecular weight excluding hydrogens is 315 g/mol. The molecule has 0 atom stereocenters. The molecule has 0 radical (unpaired) electrons. The van der Waals surface area contributed by atoms with Gasteiger partial charge in [0.1, 0.15) is 5.82 Å². The number of benzene rings is 2. The number of rotatable bonds is 5. The van der Waals surface area contributed by atoms with Crippen LogP contribution in [0.4, 0.5) is 4.39 Å². The molecule has 0 saturated heterocycles. The molecule has 3 N–H and O–H groups in total. The highest BCUT2D eigenvalue weighted by Gasteiger charge is 2.15. The Labute approximate surface area is 136 Å². The lowest BCUT2D eigenvalue weighted by Gasteiger charge is -2.05. The minimum atomic E-state index is -0.386. The van der Waals surface area contributed by atoms with Crippen LogP contribution in [0, 0.1) is 5.82 Å². The van der Waals surface area contributed by atoms with Gasteiger partial charge in [-0.05, 0) is 23.3 Å². The molecule has 1 heterocycles. The van der Waals surface area contributed by atoms with Gasteiger partial charge >= 0.3 is 0 Å². The number of thioether (sulfide) groups is 1. The summed E-state index contributed by atoms with van der Waals surface area (Å²) in [6.45, 7) is 0.0244. The minimum absolute atomic E-state index is 0.0244. The molecule has 0 fully saturated rings. The smallest absolute Gasteiger partial charge is 0.210 e. The van der Waals surface area contributed by atoms with E-state index in [4.69, 9.17) is 10.9 Å². The molecule has 5 nitrogen and oxygen atoms in total. The third kappa shape index (κ3) is 3.35. The molecule has 3 aromatic rings. The largest absolute Gasteiger partial charge is 0.392 e. The zero-order chi connectivity index (χ0) is 16.2. The Kier molecular flexibility index (Phi) is 4.59. The Bertz CT molecular complexity index is 804. The van der Waals surface area contributed by atoms with Crippen LogP contribution >= 0.6 is 11.8 Å². The van der Waals surface area contributed by atoms with Crippen LogP contribution in [-0.2, 0) is 12.4 Å². The van der Waals surface area contributed by atoms with Crippen LogP contribution in [-0.4, -0.2) is 20.0 Å². The Balaban J connectivity index is 1.75. The molecule has 0 aliphatic rings. The van der Waals surface area contributed by atoms with Gasteiger partial charge in [0.25, 0.3) is 0 Å². The highest BCUT2D eigenvalue weighted by atomic mass is 32.2. The van der Waals surface area contributed by atoms with E-state index in [9.17, 15) is 4.39 Å². The standard InChI is InChI=1S/C16H15FN4OS/c17-14-4-2-1-3-13(14)15-19-20-16(21(15)18)23-10-12-7-5-11(9-22)6-8-12/h1-8,22H,9-10,18H2. The summed E-state index contributed by atoms with van der Waals surface area (Å²) in [5.74, 6) is 6.54. The van der Waals surface area contributed by atoms with Crippen molar-refractivity contribution in [2.45, 2.75) is 17.5 Å². The summed E-state index contributed by atoms with van der Waals surface area (Å²) in [5, 5.41) is 17.5. The van der Waals surface area contributed by atoms with Gasteiger partial charge in [-0.1, -0.05) is 48.2 Å². The first-order valence-corrected chi connectivity index (χ1v) is 7.94. The van der Waals surface area contributed by atoms with Crippen LogP contribution < -0.4 is 5.84 Å². The number of nitrogen functional groups attached to an aromatic ring is 1. The molecule has 3 rings (SSSR count). The zero-order valence-corrected chi connectivity index (χ0v) is 13.0. The van der Waals surface area contributed by atoms with E-state index in [2.05, 4.69) is 10.2 Å². The zero-order valence-electron chi connectivity index (χ0n) is 12.2. The van der Waals surface area contributed by atoms with E-state index < -0.39 is 0 Å². The summed E-state index contributed by atoms with van der Waals surface area (Å²) >= 11 is 1.41. The molecular formula is C16H15FN4OS. The van der Waals surface area contributed by atoms with Crippen molar-refractivity contribution in [1.82, 2.24) is 14.9 Å². The summed E-state index contributed by atoms with van der Waals surface area (Å²) in [7, 11) is 0. The van der Waals surface area contributed by atoms with Crippen LogP contribution in [0.2, 0.25) is 0 Å². The second-order valence-corrected chi connectivity index (χ2v) is 5.86. The Morgan fingerprint density at radius 3 is 2.43 bits per heavy atom. The predicted molar refractivity (Wildman–Crippen MR) is 87.5 cm³/mol. The number of aliphatic hydroxyl groups excluding tert-OH is 1. The molecule has 0 saturated carbocycles. The van der Waals surface area contributed by atoms with Gasteiger partial charge in [0, 0.05) is 5.75 Å². The van der Waals surface area contributed by atoms with Crippen LogP contribution in [0.1, 0.15) is 11.1 Å². The van der Waals surface area contributed by atoms with Gasteiger partial charge in [0.05, 0.1) is 12.2 Å². The van der Waals surface area contributed by atoms with Gasteiger partial charge < -0.3 is 10.9 Å². The number of hydrogen-bond acceptors (Lipinski definition) is 5. The Hall–Kier alpha value is -2.38. The third-order valence-corrected chi connectivity index (χ3v) is 4.37. The maximum atomic E-state index is 13.8. The number of hydrogen-bond donors (Lipinski definition) is 2. The highest BCUT2D eigenvalue weighted by molar-refractivity contribution is 7.98. The van der Waals surface area contributed by atoms with E-state index >= 15 is 0 Å². The van der Waals surface area contributed by atoms with Crippen molar-refractivity contribution >= 4 is 11.8 Å². The summed E-state index contributed by atoms with van der Waals surface area (Å²) in [6.07, 6.45) is 0. The van der Waals surface area contributed by atoms with Crippen LogP contribution in [0.5, 0.6) is 0 Å². The van der Waals surface area contributed by atoms with Gasteiger partial charge in [-0.3, -0.25) is 0 Å². The average Bonchev–Trinajstić information content (AvgIpc) is 2.94. The second kappa shape index (κ2) is 6.80. The maximum absolute atomic E-state index is 13.8. The molecule has 7 heteroatoms. The van der Waals surface area contributed by atoms with Gasteiger partial charge in [-0.25, -0.2) is 9.07 Å². The van der Waals surface area contributed by atoms with E-state index in [-0.39, 0.29) is 12.4 Å². The third-order valence-electron chi connectivity index (χ3n) is 3.35. The molecule has 0 spiro atoms. The fourth-order valence-corrected chi connectivity index (χ4v) is 2.90. The number of aliphatic hydroxyl groups is 1.